The van der Waals surface area contributed by atoms with Crippen molar-refractivity contribution in [3.05, 3.63) is 0 Å². The van der Waals surface area contributed by atoms with Gasteiger partial charge >= 0.3 is 0 Å². The number of hydrazone groups is 1. The Bertz CT molecular complexity index is 289. The van der Waals surface area contributed by atoms with E-state index >= 15 is 0 Å². The molecule has 0 saturated heterocycles. The van der Waals surface area contributed by atoms with E-state index in [2.05, 4.69) is 12.0 Å². The van der Waals surface area contributed by atoms with Gasteiger partial charge in [-0.2, -0.15) is 5.10 Å². The molecule has 1 aliphatic heterocycles. The smallest absolute Gasteiger partial charge is 0.227 e. The summed E-state index contributed by atoms with van der Waals surface area (Å²) in [5.74, 6) is 0. The van der Waals surface area contributed by atoms with Crippen molar-refractivity contribution >= 4 is 64.3 Å². The number of nitrogens with zero attached hydrogens (tertiary/aromatic N) is 3. The van der Waals surface area contributed by atoms with Gasteiger partial charge in [0.1, 0.15) is 6.34 Å². The minimum Gasteiger partial charge on any atom is -0.337 e. The summed E-state index contributed by atoms with van der Waals surface area (Å²) < 4.78 is -3.37. The summed E-state index contributed by atoms with van der Waals surface area (Å²) in [7, 11) is 1.74. The number of rotatable bonds is 4. The molecular formula is C9H14Cl5N3. The molecule has 8 heteroatoms. The van der Waals surface area contributed by atoms with Crippen molar-refractivity contribution in [1.29, 1.82) is 0 Å². The number of halogens is 5. The van der Waals surface area contributed by atoms with Crippen LogP contribution in [-0.4, -0.2) is 44.1 Å². The van der Waals surface area contributed by atoms with Crippen molar-refractivity contribution in [2.45, 2.75) is 34.1 Å². The first-order valence-electron chi connectivity index (χ1n) is 5.19. The number of unbranched alkanes of at least 4 members (excludes halogenated alkanes) is 1. The second-order valence-corrected chi connectivity index (χ2v) is 7.56. The quantitative estimate of drug-likeness (QED) is 0.723. The van der Waals surface area contributed by atoms with Gasteiger partial charge in [0.25, 0.3) is 0 Å². The van der Waals surface area contributed by atoms with E-state index in [1.54, 1.807) is 18.4 Å². The maximum absolute atomic E-state index is 6.19. The van der Waals surface area contributed by atoms with Gasteiger partial charge in [-0.25, -0.2) is 0 Å². The molecule has 0 aromatic rings. The Hall–Kier alpha value is 0.720. The summed E-state index contributed by atoms with van der Waals surface area (Å²) >= 11 is 29.9. The van der Waals surface area contributed by atoms with Gasteiger partial charge in [0, 0.05) is 13.6 Å². The number of hydrogen-bond acceptors (Lipinski definition) is 3. The third kappa shape index (κ3) is 3.38. The van der Waals surface area contributed by atoms with Crippen molar-refractivity contribution < 1.29 is 0 Å². The van der Waals surface area contributed by atoms with Crippen LogP contribution in [0.3, 0.4) is 0 Å². The molecular weight excluding hydrogens is 327 g/mol. The van der Waals surface area contributed by atoms with Gasteiger partial charge in [-0.05, 0) is 6.42 Å². The largest absolute Gasteiger partial charge is 0.337 e. The fourth-order valence-electron chi connectivity index (χ4n) is 1.60. The van der Waals surface area contributed by atoms with Gasteiger partial charge in [0.15, 0.2) is 6.17 Å². The lowest BCUT2D eigenvalue weighted by molar-refractivity contribution is 0.142. The molecule has 0 fully saturated rings. The van der Waals surface area contributed by atoms with Crippen LogP contribution in [0.25, 0.3) is 0 Å². The summed E-state index contributed by atoms with van der Waals surface area (Å²) in [5, 5.41) is 5.72. The SMILES string of the molecule is CCCCN1C=NN(C)C1C(Cl)(Cl)C(Cl)(Cl)Cl. The van der Waals surface area contributed by atoms with E-state index in [1.807, 2.05) is 4.90 Å². The highest BCUT2D eigenvalue weighted by Gasteiger charge is 2.56. The summed E-state index contributed by atoms with van der Waals surface area (Å²) in [6.45, 7) is 2.85. The Kier molecular flexibility index (Phi) is 5.37. The highest BCUT2D eigenvalue weighted by molar-refractivity contribution is 6.75. The van der Waals surface area contributed by atoms with E-state index in [1.165, 1.54) is 0 Å². The Labute approximate surface area is 127 Å². The van der Waals surface area contributed by atoms with E-state index < -0.39 is 14.3 Å². The van der Waals surface area contributed by atoms with E-state index in [-0.39, 0.29) is 0 Å². The second-order valence-electron chi connectivity index (χ2n) is 3.89. The molecule has 0 N–H and O–H groups in total. The molecule has 0 aromatic carbocycles. The molecule has 0 saturated carbocycles. The monoisotopic (exact) mass is 339 g/mol. The van der Waals surface area contributed by atoms with Crippen LogP contribution in [0.15, 0.2) is 5.10 Å². The third-order valence-corrected chi connectivity index (χ3v) is 4.95. The second kappa shape index (κ2) is 5.79. The lowest BCUT2D eigenvalue weighted by Gasteiger charge is -2.40. The van der Waals surface area contributed by atoms with Crippen LogP contribution >= 0.6 is 58.0 Å². The molecule has 1 unspecified atom stereocenters. The van der Waals surface area contributed by atoms with E-state index in [0.717, 1.165) is 19.4 Å². The molecule has 0 amide bonds. The average molecular weight is 341 g/mol. The predicted octanol–water partition coefficient (Wildman–Crippen LogP) is 3.85. The number of hydrogen-bond donors (Lipinski definition) is 0. The first-order chi connectivity index (χ1) is 7.71. The van der Waals surface area contributed by atoms with Crippen molar-refractivity contribution in [3.63, 3.8) is 0 Å². The Morgan fingerprint density at radius 1 is 1.24 bits per heavy atom. The Morgan fingerprint density at radius 2 is 1.82 bits per heavy atom. The van der Waals surface area contributed by atoms with E-state index in [9.17, 15) is 0 Å². The lowest BCUT2D eigenvalue weighted by Crippen LogP contribution is -2.56. The zero-order chi connectivity index (χ0) is 13.3. The summed E-state index contributed by atoms with van der Waals surface area (Å²) in [4.78, 5) is 1.88. The minimum atomic E-state index is -1.80. The average Bonchev–Trinajstić information content (AvgIpc) is 2.55. The van der Waals surface area contributed by atoms with Crippen LogP contribution in [-0.2, 0) is 0 Å². The normalized spacial score (nSPS) is 21.5. The topological polar surface area (TPSA) is 18.8 Å². The Balaban J connectivity index is 2.86. The van der Waals surface area contributed by atoms with Gasteiger partial charge < -0.3 is 4.90 Å². The van der Waals surface area contributed by atoms with Crippen molar-refractivity contribution in [2.24, 2.45) is 5.10 Å². The molecule has 0 bridgehead atoms. The van der Waals surface area contributed by atoms with Crippen molar-refractivity contribution in [2.75, 3.05) is 13.6 Å². The van der Waals surface area contributed by atoms with Gasteiger partial charge in [-0.1, -0.05) is 71.3 Å². The molecule has 1 atom stereocenters. The fraction of sp³-hybridized carbons (Fsp3) is 0.889. The summed E-state index contributed by atoms with van der Waals surface area (Å²) in [5.41, 5.74) is 0. The fourth-order valence-corrected chi connectivity index (χ4v) is 2.42. The molecule has 3 nitrogen and oxygen atoms in total. The standard InChI is InChI=1S/C9H14Cl5N3/c1-3-4-5-17-6-15-16(2)7(17)8(10,11)9(12,13)14/h6-7H,3-5H2,1-2H3. The maximum atomic E-state index is 6.19. The highest BCUT2D eigenvalue weighted by Crippen LogP contribution is 2.50. The van der Waals surface area contributed by atoms with E-state index in [0.29, 0.717) is 0 Å². The van der Waals surface area contributed by atoms with Crippen LogP contribution in [0, 0.1) is 0 Å². The molecule has 0 aliphatic carbocycles. The van der Waals surface area contributed by atoms with E-state index in [4.69, 9.17) is 58.0 Å². The molecule has 0 radical (unpaired) electrons. The molecule has 1 aliphatic rings. The van der Waals surface area contributed by atoms with Gasteiger partial charge in [-0.3, -0.25) is 5.01 Å². The first-order valence-corrected chi connectivity index (χ1v) is 7.08. The van der Waals surface area contributed by atoms with Gasteiger partial charge in [-0.15, -0.1) is 0 Å². The summed E-state index contributed by atoms with van der Waals surface area (Å²) in [6, 6.07) is 0. The lowest BCUT2D eigenvalue weighted by atomic mass is 10.2. The molecule has 0 aromatic heterocycles. The Morgan fingerprint density at radius 3 is 2.29 bits per heavy atom. The zero-order valence-electron chi connectivity index (χ0n) is 9.51. The molecule has 100 valence electrons. The predicted molar refractivity (Wildman–Crippen MR) is 76.4 cm³/mol. The minimum absolute atomic E-state index is 0.495. The maximum Gasteiger partial charge on any atom is 0.227 e. The molecule has 1 heterocycles. The third-order valence-electron chi connectivity index (χ3n) is 2.52. The summed E-state index contributed by atoms with van der Waals surface area (Å²) in [6.07, 6.45) is 3.20. The van der Waals surface area contributed by atoms with Crippen molar-refractivity contribution in [3.8, 4) is 0 Å². The first kappa shape index (κ1) is 15.8. The van der Waals surface area contributed by atoms with Crippen LogP contribution in [0.5, 0.6) is 0 Å². The van der Waals surface area contributed by atoms with Gasteiger partial charge in [0.2, 0.25) is 8.13 Å². The number of alkyl halides is 5. The van der Waals surface area contributed by atoms with Crippen molar-refractivity contribution in [1.82, 2.24) is 9.91 Å². The van der Waals surface area contributed by atoms with Crippen LogP contribution in [0.2, 0.25) is 0 Å². The molecule has 17 heavy (non-hydrogen) atoms. The van der Waals surface area contributed by atoms with Gasteiger partial charge in [0.05, 0.1) is 0 Å². The van der Waals surface area contributed by atoms with Crippen LogP contribution in [0.1, 0.15) is 19.8 Å². The highest BCUT2D eigenvalue weighted by atomic mass is 35.6. The molecule has 1 rings (SSSR count). The zero-order valence-corrected chi connectivity index (χ0v) is 13.3. The van der Waals surface area contributed by atoms with Crippen LogP contribution < -0.4 is 0 Å². The van der Waals surface area contributed by atoms with Crippen LogP contribution in [0.4, 0.5) is 0 Å². The molecule has 0 spiro atoms.